The lowest BCUT2D eigenvalue weighted by atomic mass is 10.1. The number of carbonyl (C=O) groups excluding carboxylic acids is 3. The second-order valence-corrected chi connectivity index (χ2v) is 6.32. The van der Waals surface area contributed by atoms with Crippen LogP contribution in [0.25, 0.3) is 6.08 Å². The molecule has 0 aliphatic carbocycles. The van der Waals surface area contributed by atoms with Crippen molar-refractivity contribution >= 4 is 46.9 Å². The largest absolute Gasteiger partial charge is 0.479 e. The van der Waals surface area contributed by atoms with Crippen molar-refractivity contribution in [3.63, 3.8) is 0 Å². The number of hydrogen-bond donors (Lipinski definition) is 1. The Labute approximate surface area is 175 Å². The molecule has 0 bridgehead atoms. The van der Waals surface area contributed by atoms with Crippen molar-refractivity contribution in [2.75, 3.05) is 11.5 Å². The van der Waals surface area contributed by atoms with Crippen molar-refractivity contribution in [3.05, 3.63) is 68.7 Å². The molecular weight excluding hydrogens is 414 g/mol. The van der Waals surface area contributed by atoms with E-state index >= 15 is 0 Å². The molecule has 1 fully saturated rings. The molecule has 2 aromatic rings. The number of nitro benzene ring substituents is 1. The molecule has 0 radical (unpaired) electrons. The SMILES string of the molecule is C#CCOc1ccc(C=C2C(=O)NC(=O)N(c3cccc([N+](=O)[O-])c3)C2=O)cc1Cl. The van der Waals surface area contributed by atoms with E-state index < -0.39 is 22.8 Å². The van der Waals surface area contributed by atoms with Crippen LogP contribution in [-0.4, -0.2) is 29.4 Å². The van der Waals surface area contributed by atoms with E-state index in [0.717, 1.165) is 6.07 Å². The van der Waals surface area contributed by atoms with Gasteiger partial charge in [-0.25, -0.2) is 9.69 Å². The van der Waals surface area contributed by atoms with Gasteiger partial charge in [0.05, 0.1) is 15.6 Å². The number of carbonyl (C=O) groups is 3. The van der Waals surface area contributed by atoms with E-state index in [9.17, 15) is 24.5 Å². The molecule has 10 heteroatoms. The zero-order valence-corrected chi connectivity index (χ0v) is 15.9. The molecule has 1 aliphatic heterocycles. The summed E-state index contributed by atoms with van der Waals surface area (Å²) in [7, 11) is 0. The van der Waals surface area contributed by atoms with Crippen molar-refractivity contribution < 1.29 is 24.0 Å². The van der Waals surface area contributed by atoms with E-state index in [1.165, 1.54) is 36.4 Å². The summed E-state index contributed by atoms with van der Waals surface area (Å²) in [6.07, 6.45) is 6.37. The number of imide groups is 2. The third-order valence-corrected chi connectivity index (χ3v) is 4.27. The predicted octanol–water partition coefficient (Wildman–Crippen LogP) is 2.93. The number of non-ortho nitro benzene ring substituents is 1. The number of barbiturate groups is 1. The van der Waals surface area contributed by atoms with E-state index in [0.29, 0.717) is 16.2 Å². The van der Waals surface area contributed by atoms with Crippen LogP contribution in [0.2, 0.25) is 5.02 Å². The van der Waals surface area contributed by atoms with Gasteiger partial charge in [0.1, 0.15) is 17.9 Å². The standard InChI is InChI=1S/C20H12ClN3O6/c1-2-8-30-17-7-6-12(10-16(17)21)9-15-18(25)22-20(27)23(19(15)26)13-4-3-5-14(11-13)24(28)29/h1,3-7,9-11H,8H2,(H,22,25,27). The van der Waals surface area contributed by atoms with E-state index in [2.05, 4.69) is 5.92 Å². The first-order valence-corrected chi connectivity index (χ1v) is 8.71. The molecule has 1 heterocycles. The van der Waals surface area contributed by atoms with Gasteiger partial charge in [-0.15, -0.1) is 6.42 Å². The average molecular weight is 426 g/mol. The number of ether oxygens (including phenoxy) is 1. The Bertz CT molecular complexity index is 1150. The summed E-state index contributed by atoms with van der Waals surface area (Å²) in [5.74, 6) is 0.781. The van der Waals surface area contributed by atoms with Crippen LogP contribution in [-0.2, 0) is 9.59 Å². The summed E-state index contributed by atoms with van der Waals surface area (Å²) in [5, 5.41) is 13.2. The number of amides is 4. The molecule has 3 rings (SSSR count). The summed E-state index contributed by atoms with van der Waals surface area (Å²) in [6, 6.07) is 8.42. The Kier molecular flexibility index (Phi) is 5.80. The third-order valence-electron chi connectivity index (χ3n) is 3.98. The van der Waals surface area contributed by atoms with E-state index in [1.54, 1.807) is 6.07 Å². The van der Waals surface area contributed by atoms with Gasteiger partial charge in [-0.1, -0.05) is 29.7 Å². The average Bonchev–Trinajstić information content (AvgIpc) is 2.70. The number of urea groups is 1. The highest BCUT2D eigenvalue weighted by molar-refractivity contribution is 6.39. The van der Waals surface area contributed by atoms with Crippen molar-refractivity contribution in [2.45, 2.75) is 0 Å². The molecule has 0 aromatic heterocycles. The van der Waals surface area contributed by atoms with Gasteiger partial charge in [-0.2, -0.15) is 0 Å². The third kappa shape index (κ3) is 4.14. The van der Waals surface area contributed by atoms with Crippen LogP contribution in [0.15, 0.2) is 48.0 Å². The minimum atomic E-state index is -1.02. The van der Waals surface area contributed by atoms with Gasteiger partial charge in [-0.3, -0.25) is 25.0 Å². The Balaban J connectivity index is 1.96. The lowest BCUT2D eigenvalue weighted by Gasteiger charge is -2.26. The molecule has 1 aliphatic rings. The zero-order chi connectivity index (χ0) is 21.8. The zero-order valence-electron chi connectivity index (χ0n) is 15.1. The van der Waals surface area contributed by atoms with E-state index in [4.69, 9.17) is 22.8 Å². The topological polar surface area (TPSA) is 119 Å². The highest BCUT2D eigenvalue weighted by Crippen LogP contribution is 2.28. The maximum absolute atomic E-state index is 12.9. The molecule has 0 saturated carbocycles. The van der Waals surface area contributed by atoms with Crippen molar-refractivity contribution in [3.8, 4) is 18.1 Å². The molecule has 4 amide bonds. The normalized spacial score (nSPS) is 15.0. The van der Waals surface area contributed by atoms with Crippen molar-refractivity contribution in [1.29, 1.82) is 0 Å². The van der Waals surface area contributed by atoms with E-state index in [1.807, 2.05) is 5.32 Å². The number of rotatable bonds is 5. The fraction of sp³-hybridized carbons (Fsp3) is 0.0500. The number of nitro groups is 1. The smallest absolute Gasteiger partial charge is 0.335 e. The maximum atomic E-state index is 12.9. The minimum absolute atomic E-state index is 0.0152. The number of terminal acetylenes is 1. The van der Waals surface area contributed by atoms with Crippen molar-refractivity contribution in [2.24, 2.45) is 0 Å². The van der Waals surface area contributed by atoms with Crippen LogP contribution in [0.3, 0.4) is 0 Å². The molecule has 2 aromatic carbocycles. The first-order chi connectivity index (χ1) is 14.3. The second-order valence-electron chi connectivity index (χ2n) is 5.92. The molecule has 30 heavy (non-hydrogen) atoms. The van der Waals surface area contributed by atoms with E-state index in [-0.39, 0.29) is 28.6 Å². The Morgan fingerprint density at radius 3 is 2.67 bits per heavy atom. The number of nitrogens with zero attached hydrogens (tertiary/aromatic N) is 2. The molecule has 0 atom stereocenters. The van der Waals surface area contributed by atoms with Gasteiger partial charge >= 0.3 is 6.03 Å². The van der Waals surface area contributed by atoms with Crippen LogP contribution in [0.4, 0.5) is 16.2 Å². The molecule has 1 N–H and O–H groups in total. The molecule has 0 unspecified atom stereocenters. The van der Waals surface area contributed by atoms with Crippen LogP contribution in [0.5, 0.6) is 5.75 Å². The fourth-order valence-electron chi connectivity index (χ4n) is 2.65. The Hall–Kier alpha value is -4.16. The first kappa shape index (κ1) is 20.6. The van der Waals surface area contributed by atoms with Gasteiger partial charge in [0.2, 0.25) is 0 Å². The van der Waals surface area contributed by atoms with Gasteiger partial charge in [0.15, 0.2) is 0 Å². The van der Waals surface area contributed by atoms with Crippen LogP contribution < -0.4 is 15.0 Å². The number of halogens is 1. The summed E-state index contributed by atoms with van der Waals surface area (Å²) >= 11 is 6.11. The summed E-state index contributed by atoms with van der Waals surface area (Å²) in [6.45, 7) is 0.0152. The molecule has 9 nitrogen and oxygen atoms in total. The first-order valence-electron chi connectivity index (χ1n) is 8.33. The van der Waals surface area contributed by atoms with Crippen LogP contribution in [0.1, 0.15) is 5.56 Å². The number of nitrogens with one attached hydrogen (secondary N) is 1. The lowest BCUT2D eigenvalue weighted by Crippen LogP contribution is -2.54. The van der Waals surface area contributed by atoms with Crippen LogP contribution >= 0.6 is 11.6 Å². The minimum Gasteiger partial charge on any atom is -0.479 e. The summed E-state index contributed by atoms with van der Waals surface area (Å²) in [4.78, 5) is 48.3. The molecular formula is C20H12ClN3O6. The number of hydrogen-bond acceptors (Lipinski definition) is 6. The Morgan fingerprint density at radius 1 is 1.23 bits per heavy atom. The molecule has 1 saturated heterocycles. The second kappa shape index (κ2) is 8.46. The highest BCUT2D eigenvalue weighted by Gasteiger charge is 2.37. The van der Waals surface area contributed by atoms with Gasteiger partial charge < -0.3 is 4.74 Å². The van der Waals surface area contributed by atoms with Crippen molar-refractivity contribution in [1.82, 2.24) is 5.32 Å². The summed E-state index contributed by atoms with van der Waals surface area (Å²) in [5.41, 5.74) is -0.333. The van der Waals surface area contributed by atoms with Gasteiger partial charge in [-0.05, 0) is 29.8 Å². The maximum Gasteiger partial charge on any atom is 0.335 e. The lowest BCUT2D eigenvalue weighted by molar-refractivity contribution is -0.384. The van der Waals surface area contributed by atoms with Gasteiger partial charge in [0.25, 0.3) is 17.5 Å². The van der Waals surface area contributed by atoms with Gasteiger partial charge in [0, 0.05) is 12.1 Å². The predicted molar refractivity (Wildman–Crippen MR) is 108 cm³/mol. The number of anilines is 1. The fourth-order valence-corrected chi connectivity index (χ4v) is 2.89. The van der Waals surface area contributed by atoms with Crippen LogP contribution in [0, 0.1) is 22.5 Å². The number of benzene rings is 2. The molecule has 150 valence electrons. The summed E-state index contributed by atoms with van der Waals surface area (Å²) < 4.78 is 5.25. The highest BCUT2D eigenvalue weighted by atomic mass is 35.5. The monoisotopic (exact) mass is 425 g/mol. The Morgan fingerprint density at radius 2 is 2.00 bits per heavy atom. The molecule has 0 spiro atoms. The quantitative estimate of drug-likeness (QED) is 0.258.